The predicted molar refractivity (Wildman–Crippen MR) is 119 cm³/mol. The Labute approximate surface area is 195 Å². The van der Waals surface area contributed by atoms with Gasteiger partial charge in [0.15, 0.2) is 0 Å². The summed E-state index contributed by atoms with van der Waals surface area (Å²) in [6, 6.07) is 16.0. The van der Waals surface area contributed by atoms with Gasteiger partial charge in [-0.1, -0.05) is 55.5 Å². The molecule has 3 atom stereocenters. The second kappa shape index (κ2) is 9.40. The molecule has 2 amide bonds. The highest BCUT2D eigenvalue weighted by Gasteiger charge is 2.72. The van der Waals surface area contributed by atoms with Crippen LogP contribution in [-0.2, 0) is 14.3 Å². The maximum Gasteiger partial charge on any atom is 0.407 e. The van der Waals surface area contributed by atoms with Crippen LogP contribution >= 0.6 is 0 Å². The fourth-order valence-electron chi connectivity index (χ4n) is 4.57. The molecule has 1 fully saturated rings. The Hall–Kier alpha value is -3.49. The zero-order valence-corrected chi connectivity index (χ0v) is 18.6. The molecule has 3 unspecified atom stereocenters. The van der Waals surface area contributed by atoms with Crippen LogP contribution < -0.4 is 10.6 Å². The molecule has 1 saturated carbocycles. The Morgan fingerprint density at radius 1 is 1.03 bits per heavy atom. The van der Waals surface area contributed by atoms with E-state index < -0.39 is 42.3 Å². The summed E-state index contributed by atoms with van der Waals surface area (Å²) >= 11 is 0. The Balaban J connectivity index is 1.20. The zero-order valence-electron chi connectivity index (χ0n) is 18.6. The third-order valence-corrected chi connectivity index (χ3v) is 6.46. The first kappa shape index (κ1) is 23.7. The number of nitrogens with one attached hydrogen (secondary N) is 2. The highest BCUT2D eigenvalue weighted by molar-refractivity contribution is 5.79. The lowest BCUT2D eigenvalue weighted by Gasteiger charge is -2.16. The molecule has 0 saturated heterocycles. The molecule has 0 heterocycles. The number of amides is 2. The zero-order chi connectivity index (χ0) is 24.5. The largest absolute Gasteiger partial charge is 0.481 e. The van der Waals surface area contributed by atoms with Crippen molar-refractivity contribution in [2.75, 3.05) is 19.7 Å². The van der Waals surface area contributed by atoms with Gasteiger partial charge in [-0.2, -0.15) is 0 Å². The topological polar surface area (TPSA) is 105 Å². The molecule has 0 bridgehead atoms. The molecule has 0 aromatic heterocycles. The first-order valence-corrected chi connectivity index (χ1v) is 11.2. The number of carboxylic acid groups (broad SMARTS) is 1. The van der Waals surface area contributed by atoms with E-state index >= 15 is 0 Å². The molecule has 0 aliphatic heterocycles. The fraction of sp³-hybridized carbons (Fsp3) is 0.400. The van der Waals surface area contributed by atoms with Crippen molar-refractivity contribution >= 4 is 18.0 Å². The van der Waals surface area contributed by atoms with Crippen molar-refractivity contribution in [3.8, 4) is 11.1 Å². The van der Waals surface area contributed by atoms with E-state index in [2.05, 4.69) is 10.6 Å². The number of fused-ring (bicyclic) bond motifs is 3. The van der Waals surface area contributed by atoms with Crippen molar-refractivity contribution in [2.24, 2.45) is 17.8 Å². The number of hydrogen-bond donors (Lipinski definition) is 3. The van der Waals surface area contributed by atoms with E-state index in [1.807, 2.05) is 48.5 Å². The molecule has 2 aliphatic carbocycles. The van der Waals surface area contributed by atoms with E-state index in [-0.39, 0.29) is 31.4 Å². The van der Waals surface area contributed by atoms with E-state index in [1.54, 1.807) is 6.92 Å². The van der Waals surface area contributed by atoms with Crippen LogP contribution in [0.5, 0.6) is 0 Å². The number of rotatable bonds is 9. The molecule has 2 aromatic rings. The summed E-state index contributed by atoms with van der Waals surface area (Å²) in [7, 11) is 0. The summed E-state index contributed by atoms with van der Waals surface area (Å²) in [6.07, 6.45) is -0.601. The Morgan fingerprint density at radius 3 is 2.18 bits per heavy atom. The lowest BCUT2D eigenvalue weighted by atomic mass is 9.98. The van der Waals surface area contributed by atoms with Gasteiger partial charge < -0.3 is 20.5 Å². The number of benzene rings is 2. The van der Waals surface area contributed by atoms with Gasteiger partial charge in [-0.25, -0.2) is 13.6 Å². The number of carboxylic acids is 1. The van der Waals surface area contributed by atoms with Crippen molar-refractivity contribution in [1.29, 1.82) is 0 Å². The third-order valence-electron chi connectivity index (χ3n) is 6.46. The minimum atomic E-state index is -3.30. The van der Waals surface area contributed by atoms with Crippen LogP contribution in [0, 0.1) is 17.8 Å². The maximum atomic E-state index is 13.4. The number of hydrogen-bond acceptors (Lipinski definition) is 4. The SMILES string of the molecule is CC(CNC(=O)OCC1c2ccccc2-c2ccccc21)CC(=O)NCC1C(C(=O)O)C1(F)F. The number of ether oxygens (including phenoxy) is 1. The van der Waals surface area contributed by atoms with Gasteiger partial charge in [0.2, 0.25) is 5.91 Å². The Morgan fingerprint density at radius 2 is 1.62 bits per heavy atom. The van der Waals surface area contributed by atoms with Crippen molar-refractivity contribution in [3.05, 3.63) is 59.7 Å². The summed E-state index contributed by atoms with van der Waals surface area (Å²) in [4.78, 5) is 35.0. The molecule has 0 spiro atoms. The van der Waals surface area contributed by atoms with Gasteiger partial charge in [0.05, 0.1) is 5.92 Å². The number of alkyl halides is 2. The molecule has 2 aromatic carbocycles. The van der Waals surface area contributed by atoms with Crippen molar-refractivity contribution in [2.45, 2.75) is 25.2 Å². The average molecular weight is 472 g/mol. The van der Waals surface area contributed by atoms with Crippen LogP contribution in [0.2, 0.25) is 0 Å². The van der Waals surface area contributed by atoms with Gasteiger partial charge in [0.25, 0.3) is 5.92 Å². The van der Waals surface area contributed by atoms with Gasteiger partial charge >= 0.3 is 12.1 Å². The van der Waals surface area contributed by atoms with Crippen molar-refractivity contribution in [3.63, 3.8) is 0 Å². The summed E-state index contributed by atoms with van der Waals surface area (Å²) in [5.74, 6) is -8.80. The Bertz CT molecular complexity index is 1060. The van der Waals surface area contributed by atoms with Gasteiger partial charge in [-0.3, -0.25) is 9.59 Å². The summed E-state index contributed by atoms with van der Waals surface area (Å²) in [6.45, 7) is 1.68. The summed E-state index contributed by atoms with van der Waals surface area (Å²) in [5.41, 5.74) is 4.47. The van der Waals surface area contributed by atoms with Gasteiger partial charge in [0.1, 0.15) is 12.5 Å². The lowest BCUT2D eigenvalue weighted by Crippen LogP contribution is -2.33. The highest BCUT2D eigenvalue weighted by atomic mass is 19.3. The molecule has 34 heavy (non-hydrogen) atoms. The number of carbonyl (C=O) groups is 3. The van der Waals surface area contributed by atoms with Crippen LogP contribution in [0.15, 0.2) is 48.5 Å². The molecule has 180 valence electrons. The number of alkyl carbamates (subject to hydrolysis) is 1. The van der Waals surface area contributed by atoms with Gasteiger partial charge in [-0.05, 0) is 28.2 Å². The summed E-state index contributed by atoms with van der Waals surface area (Å²) < 4.78 is 32.2. The first-order valence-electron chi connectivity index (χ1n) is 11.2. The van der Waals surface area contributed by atoms with Crippen LogP contribution in [-0.4, -0.2) is 48.7 Å². The molecular formula is C25H26F2N2O5. The quantitative estimate of drug-likeness (QED) is 0.517. The van der Waals surface area contributed by atoms with E-state index in [0.717, 1.165) is 22.3 Å². The number of halogens is 2. The van der Waals surface area contributed by atoms with Crippen LogP contribution in [0.1, 0.15) is 30.4 Å². The van der Waals surface area contributed by atoms with Crippen LogP contribution in [0.4, 0.5) is 13.6 Å². The minimum absolute atomic E-state index is 0.000312. The monoisotopic (exact) mass is 472 g/mol. The number of carbonyl (C=O) groups excluding carboxylic acids is 2. The summed E-state index contributed by atoms with van der Waals surface area (Å²) in [5, 5.41) is 13.7. The van der Waals surface area contributed by atoms with Crippen molar-refractivity contribution in [1.82, 2.24) is 10.6 Å². The maximum absolute atomic E-state index is 13.4. The normalized spacial score (nSPS) is 20.6. The lowest BCUT2D eigenvalue weighted by molar-refractivity contribution is -0.141. The van der Waals surface area contributed by atoms with Gasteiger partial charge in [0, 0.05) is 25.4 Å². The predicted octanol–water partition coefficient (Wildman–Crippen LogP) is 3.63. The molecule has 4 rings (SSSR count). The van der Waals surface area contributed by atoms with Crippen LogP contribution in [0.25, 0.3) is 11.1 Å². The van der Waals surface area contributed by atoms with E-state index in [4.69, 9.17) is 9.84 Å². The molecule has 9 heteroatoms. The Kier molecular flexibility index (Phi) is 6.54. The van der Waals surface area contributed by atoms with Gasteiger partial charge in [-0.15, -0.1) is 0 Å². The van der Waals surface area contributed by atoms with Crippen LogP contribution in [0.3, 0.4) is 0 Å². The fourth-order valence-corrected chi connectivity index (χ4v) is 4.57. The standard InChI is InChI=1S/C25H26F2N2O5/c1-14(10-21(30)28-12-20-22(23(31)32)25(20,26)27)11-29-24(33)34-13-19-17-8-4-2-6-15(17)16-7-3-5-9-18(16)19/h2-9,14,19-20,22H,10-13H2,1H3,(H,28,30)(H,29,33)(H,31,32). The molecule has 2 aliphatic rings. The molecule has 7 nitrogen and oxygen atoms in total. The second-order valence-electron chi connectivity index (χ2n) is 8.92. The van der Waals surface area contributed by atoms with Crippen molar-refractivity contribution < 1.29 is 33.0 Å². The first-order chi connectivity index (χ1) is 16.2. The van der Waals surface area contributed by atoms with E-state index in [1.165, 1.54) is 0 Å². The molecule has 3 N–H and O–H groups in total. The smallest absolute Gasteiger partial charge is 0.407 e. The van der Waals surface area contributed by atoms with E-state index in [0.29, 0.717) is 0 Å². The highest BCUT2D eigenvalue weighted by Crippen LogP contribution is 2.54. The van der Waals surface area contributed by atoms with E-state index in [9.17, 15) is 23.2 Å². The third kappa shape index (κ3) is 4.73. The molecular weight excluding hydrogens is 446 g/mol. The molecule has 0 radical (unpaired) electrons. The number of aliphatic carboxylic acids is 1. The second-order valence-corrected chi connectivity index (χ2v) is 8.92. The minimum Gasteiger partial charge on any atom is -0.481 e. The average Bonchev–Trinajstić information content (AvgIpc) is 3.22.